The van der Waals surface area contributed by atoms with Gasteiger partial charge in [0.05, 0.1) is 10.0 Å². The molecule has 0 bridgehead atoms. The number of anilines is 1. The molecule has 0 aromatic heterocycles. The minimum absolute atomic E-state index is 0.607. The summed E-state index contributed by atoms with van der Waals surface area (Å²) in [4.78, 5) is 1.81. The highest BCUT2D eigenvalue weighted by Gasteiger charge is 2.07. The SMILES string of the molecule is Nc1ccc(Sc2ccc(Cl)cc2Cl)c(Cl)c1. The molecular formula is C12H8Cl3NS. The van der Waals surface area contributed by atoms with E-state index in [0.717, 1.165) is 9.79 Å². The molecule has 0 saturated carbocycles. The van der Waals surface area contributed by atoms with Gasteiger partial charge < -0.3 is 5.73 Å². The van der Waals surface area contributed by atoms with Crippen LogP contribution in [0.25, 0.3) is 0 Å². The molecule has 5 heteroatoms. The highest BCUT2D eigenvalue weighted by molar-refractivity contribution is 7.99. The standard InChI is InChI=1S/C12H8Cl3NS/c13-7-1-3-11(9(14)5-7)17-12-4-2-8(16)6-10(12)15/h1-6H,16H2. The molecule has 88 valence electrons. The van der Waals surface area contributed by atoms with Crippen LogP contribution in [0.15, 0.2) is 46.2 Å². The summed E-state index contributed by atoms with van der Waals surface area (Å²) in [6.07, 6.45) is 0. The van der Waals surface area contributed by atoms with Crippen LogP contribution >= 0.6 is 46.6 Å². The van der Waals surface area contributed by atoms with Gasteiger partial charge in [-0.15, -0.1) is 0 Å². The minimum Gasteiger partial charge on any atom is -0.399 e. The molecule has 0 heterocycles. The van der Waals surface area contributed by atoms with Crippen molar-refractivity contribution in [2.45, 2.75) is 9.79 Å². The van der Waals surface area contributed by atoms with Gasteiger partial charge in [-0.25, -0.2) is 0 Å². The number of hydrogen-bond acceptors (Lipinski definition) is 2. The lowest BCUT2D eigenvalue weighted by molar-refractivity contribution is 1.41. The Kier molecular flexibility index (Phi) is 4.10. The second-order valence-electron chi connectivity index (χ2n) is 3.37. The zero-order chi connectivity index (χ0) is 12.4. The van der Waals surface area contributed by atoms with Gasteiger partial charge in [-0.3, -0.25) is 0 Å². The molecule has 0 aliphatic carbocycles. The maximum Gasteiger partial charge on any atom is 0.0565 e. The van der Waals surface area contributed by atoms with E-state index < -0.39 is 0 Å². The summed E-state index contributed by atoms with van der Waals surface area (Å²) in [6, 6.07) is 10.7. The van der Waals surface area contributed by atoms with E-state index in [2.05, 4.69) is 0 Å². The quantitative estimate of drug-likeness (QED) is 0.754. The van der Waals surface area contributed by atoms with Crippen LogP contribution in [0.2, 0.25) is 15.1 Å². The predicted octanol–water partition coefficient (Wildman–Crippen LogP) is 5.38. The fraction of sp³-hybridized carbons (Fsp3) is 0. The van der Waals surface area contributed by atoms with Crippen molar-refractivity contribution in [2.24, 2.45) is 0 Å². The van der Waals surface area contributed by atoms with Gasteiger partial charge in [0, 0.05) is 20.5 Å². The van der Waals surface area contributed by atoms with Crippen molar-refractivity contribution in [3.05, 3.63) is 51.5 Å². The molecule has 0 amide bonds. The summed E-state index contributed by atoms with van der Waals surface area (Å²) in [5, 5.41) is 1.83. The summed E-state index contributed by atoms with van der Waals surface area (Å²) in [5.74, 6) is 0. The molecule has 0 fully saturated rings. The van der Waals surface area contributed by atoms with E-state index in [0.29, 0.717) is 20.8 Å². The third-order valence-electron chi connectivity index (χ3n) is 2.07. The van der Waals surface area contributed by atoms with Crippen LogP contribution in [0.3, 0.4) is 0 Å². The van der Waals surface area contributed by atoms with E-state index in [9.17, 15) is 0 Å². The summed E-state index contributed by atoms with van der Waals surface area (Å²) in [5.41, 5.74) is 6.27. The number of hydrogen-bond donors (Lipinski definition) is 1. The Hall–Kier alpha value is -0.540. The lowest BCUT2D eigenvalue weighted by atomic mass is 10.3. The normalized spacial score (nSPS) is 10.5. The number of nitrogen functional groups attached to an aromatic ring is 1. The Bertz CT molecular complexity index is 508. The summed E-state index contributed by atoms with van der Waals surface area (Å²) < 4.78 is 0. The van der Waals surface area contributed by atoms with Gasteiger partial charge in [0.15, 0.2) is 0 Å². The Morgan fingerprint density at radius 1 is 0.824 bits per heavy atom. The van der Waals surface area contributed by atoms with Gasteiger partial charge in [0.1, 0.15) is 0 Å². The second-order valence-corrected chi connectivity index (χ2v) is 5.70. The van der Waals surface area contributed by atoms with Crippen molar-refractivity contribution in [3.63, 3.8) is 0 Å². The molecule has 0 radical (unpaired) electrons. The summed E-state index contributed by atoms with van der Waals surface area (Å²) in [7, 11) is 0. The molecule has 2 rings (SSSR count). The molecule has 17 heavy (non-hydrogen) atoms. The van der Waals surface area contributed by atoms with E-state index >= 15 is 0 Å². The van der Waals surface area contributed by atoms with E-state index in [-0.39, 0.29) is 0 Å². The van der Waals surface area contributed by atoms with Crippen molar-refractivity contribution in [3.8, 4) is 0 Å². The molecule has 2 aromatic carbocycles. The Morgan fingerprint density at radius 2 is 1.41 bits per heavy atom. The molecule has 2 aromatic rings. The zero-order valence-electron chi connectivity index (χ0n) is 8.58. The Labute approximate surface area is 119 Å². The first-order chi connectivity index (χ1) is 8.06. The third-order valence-corrected chi connectivity index (χ3v) is 4.31. The number of halogens is 3. The summed E-state index contributed by atoms with van der Waals surface area (Å²) >= 11 is 19.5. The lowest BCUT2D eigenvalue weighted by Gasteiger charge is -2.07. The average Bonchev–Trinajstić information content (AvgIpc) is 2.25. The smallest absolute Gasteiger partial charge is 0.0565 e. The predicted molar refractivity (Wildman–Crippen MR) is 76.4 cm³/mol. The molecule has 1 nitrogen and oxygen atoms in total. The van der Waals surface area contributed by atoms with Crippen molar-refractivity contribution in [2.75, 3.05) is 5.73 Å². The fourth-order valence-corrected chi connectivity index (χ4v) is 2.93. The highest BCUT2D eigenvalue weighted by Crippen LogP contribution is 2.38. The molecule has 0 atom stereocenters. The maximum absolute atomic E-state index is 6.09. The number of benzene rings is 2. The third kappa shape index (κ3) is 3.23. The van der Waals surface area contributed by atoms with Gasteiger partial charge in [0.2, 0.25) is 0 Å². The van der Waals surface area contributed by atoms with Gasteiger partial charge in [-0.2, -0.15) is 0 Å². The van der Waals surface area contributed by atoms with Gasteiger partial charge in [-0.1, -0.05) is 46.6 Å². The molecular weight excluding hydrogens is 297 g/mol. The van der Waals surface area contributed by atoms with Crippen molar-refractivity contribution >= 4 is 52.3 Å². The van der Waals surface area contributed by atoms with E-state index in [1.165, 1.54) is 11.8 Å². The zero-order valence-corrected chi connectivity index (χ0v) is 11.7. The molecule has 0 saturated heterocycles. The lowest BCUT2D eigenvalue weighted by Crippen LogP contribution is -1.84. The molecule has 2 N–H and O–H groups in total. The van der Waals surface area contributed by atoms with Crippen LogP contribution in [-0.2, 0) is 0 Å². The molecule has 0 aliphatic rings. The fourth-order valence-electron chi connectivity index (χ4n) is 1.28. The van der Waals surface area contributed by atoms with Gasteiger partial charge >= 0.3 is 0 Å². The average molecular weight is 305 g/mol. The van der Waals surface area contributed by atoms with E-state index in [1.54, 1.807) is 24.3 Å². The van der Waals surface area contributed by atoms with Gasteiger partial charge in [0.25, 0.3) is 0 Å². The van der Waals surface area contributed by atoms with Crippen molar-refractivity contribution in [1.29, 1.82) is 0 Å². The first kappa shape index (κ1) is 12.9. The highest BCUT2D eigenvalue weighted by atomic mass is 35.5. The van der Waals surface area contributed by atoms with Crippen LogP contribution in [-0.4, -0.2) is 0 Å². The van der Waals surface area contributed by atoms with Crippen LogP contribution < -0.4 is 5.73 Å². The number of nitrogens with two attached hydrogens (primary N) is 1. The monoisotopic (exact) mass is 303 g/mol. The van der Waals surface area contributed by atoms with Crippen LogP contribution in [0.1, 0.15) is 0 Å². The second kappa shape index (κ2) is 5.40. The van der Waals surface area contributed by atoms with Crippen LogP contribution in [0, 0.1) is 0 Å². The van der Waals surface area contributed by atoms with Gasteiger partial charge in [-0.05, 0) is 36.4 Å². The first-order valence-electron chi connectivity index (χ1n) is 4.74. The molecule has 0 spiro atoms. The minimum atomic E-state index is 0.607. The molecule has 0 aliphatic heterocycles. The Morgan fingerprint density at radius 3 is 2.00 bits per heavy atom. The van der Waals surface area contributed by atoms with E-state index in [1.807, 2.05) is 12.1 Å². The van der Waals surface area contributed by atoms with Crippen molar-refractivity contribution in [1.82, 2.24) is 0 Å². The largest absolute Gasteiger partial charge is 0.399 e. The Balaban J connectivity index is 2.31. The van der Waals surface area contributed by atoms with Crippen LogP contribution in [0.5, 0.6) is 0 Å². The maximum atomic E-state index is 6.09. The van der Waals surface area contributed by atoms with Crippen LogP contribution in [0.4, 0.5) is 5.69 Å². The summed E-state index contributed by atoms with van der Waals surface area (Å²) in [6.45, 7) is 0. The number of rotatable bonds is 2. The first-order valence-corrected chi connectivity index (χ1v) is 6.69. The topological polar surface area (TPSA) is 26.0 Å². The van der Waals surface area contributed by atoms with Crippen molar-refractivity contribution < 1.29 is 0 Å². The van der Waals surface area contributed by atoms with E-state index in [4.69, 9.17) is 40.5 Å². The molecule has 0 unspecified atom stereocenters.